The lowest BCUT2D eigenvalue weighted by Gasteiger charge is -2.14. The van der Waals surface area contributed by atoms with Crippen LogP contribution in [0.25, 0.3) is 10.9 Å². The van der Waals surface area contributed by atoms with E-state index in [0.717, 1.165) is 21.2 Å². The third-order valence-electron chi connectivity index (χ3n) is 2.30. The summed E-state index contributed by atoms with van der Waals surface area (Å²) < 4.78 is 11.8. The van der Waals surface area contributed by atoms with Crippen LogP contribution in [0.3, 0.4) is 0 Å². The van der Waals surface area contributed by atoms with Crippen LogP contribution in [0.1, 0.15) is 25.8 Å². The van der Waals surface area contributed by atoms with Crippen molar-refractivity contribution >= 4 is 26.8 Å². The number of aromatic amines is 1. The van der Waals surface area contributed by atoms with Crippen molar-refractivity contribution in [2.45, 2.75) is 20.1 Å². The van der Waals surface area contributed by atoms with Crippen LogP contribution in [0, 0.1) is 0 Å². The van der Waals surface area contributed by atoms with Crippen molar-refractivity contribution in [3.8, 4) is 0 Å². The maximum Gasteiger partial charge on any atom is 0.203 e. The van der Waals surface area contributed by atoms with E-state index in [-0.39, 0.29) is 0 Å². The molecule has 0 saturated heterocycles. The highest BCUT2D eigenvalue weighted by molar-refractivity contribution is 9.10. The van der Waals surface area contributed by atoms with Gasteiger partial charge in [0.2, 0.25) is 6.29 Å². The third-order valence-corrected chi connectivity index (χ3v) is 2.74. The summed E-state index contributed by atoms with van der Waals surface area (Å²) in [5.41, 5.74) is 1.62. The number of nitrogens with zero attached hydrogens (tertiary/aromatic N) is 2. The predicted molar refractivity (Wildman–Crippen MR) is 67.6 cm³/mol. The molecular formula is C11H14BrN3O2. The zero-order chi connectivity index (χ0) is 12.3. The summed E-state index contributed by atoms with van der Waals surface area (Å²) in [6.07, 6.45) is 1.29. The largest absolute Gasteiger partial charge is 0.347 e. The molecule has 1 N–H and O–H groups in total. The Hall–Kier alpha value is -0.980. The molecule has 2 aromatic rings. The summed E-state index contributed by atoms with van der Waals surface area (Å²) in [7, 11) is 0. The number of H-pyrrole nitrogens is 1. The zero-order valence-corrected chi connectivity index (χ0v) is 11.3. The van der Waals surface area contributed by atoms with Gasteiger partial charge in [0.25, 0.3) is 0 Å². The van der Waals surface area contributed by atoms with Crippen LogP contribution in [-0.2, 0) is 9.47 Å². The maximum atomic E-state index is 5.53. The fourth-order valence-electron chi connectivity index (χ4n) is 1.60. The summed E-state index contributed by atoms with van der Waals surface area (Å²) in [4.78, 5) is 4.14. The lowest BCUT2D eigenvalue weighted by Crippen LogP contribution is -2.09. The summed E-state index contributed by atoms with van der Waals surface area (Å²) in [5, 5.41) is 8.11. The van der Waals surface area contributed by atoms with Crippen molar-refractivity contribution in [3.63, 3.8) is 0 Å². The molecule has 2 aromatic heterocycles. The van der Waals surface area contributed by atoms with Crippen LogP contribution >= 0.6 is 15.9 Å². The first kappa shape index (κ1) is 12.5. The second-order valence-electron chi connectivity index (χ2n) is 3.40. The Morgan fingerprint density at radius 1 is 1.35 bits per heavy atom. The first-order valence-corrected chi connectivity index (χ1v) is 6.28. The molecule has 0 atom stereocenters. The Balaban J connectivity index is 2.41. The Bertz CT molecular complexity index is 494. The molecule has 0 unspecified atom stereocenters. The van der Waals surface area contributed by atoms with E-state index in [2.05, 4.69) is 31.1 Å². The summed E-state index contributed by atoms with van der Waals surface area (Å²) >= 11 is 3.34. The summed E-state index contributed by atoms with van der Waals surface area (Å²) in [6, 6.07) is 1.90. The molecule has 0 aliphatic rings. The highest BCUT2D eigenvalue weighted by Gasteiger charge is 2.18. The minimum atomic E-state index is -0.437. The van der Waals surface area contributed by atoms with Crippen LogP contribution in [0.4, 0.5) is 0 Å². The van der Waals surface area contributed by atoms with Crippen LogP contribution < -0.4 is 0 Å². The molecule has 0 aromatic carbocycles. The lowest BCUT2D eigenvalue weighted by atomic mass is 10.2. The second-order valence-corrected chi connectivity index (χ2v) is 4.22. The molecule has 0 bridgehead atoms. The summed E-state index contributed by atoms with van der Waals surface area (Å²) in [5.74, 6) is 0. The van der Waals surface area contributed by atoms with E-state index in [1.165, 1.54) is 0 Å². The third kappa shape index (κ3) is 2.65. The summed E-state index contributed by atoms with van der Waals surface area (Å²) in [6.45, 7) is 5.01. The van der Waals surface area contributed by atoms with E-state index in [0.29, 0.717) is 13.2 Å². The number of pyridine rings is 1. The number of nitrogens with one attached hydrogen (secondary N) is 1. The van der Waals surface area contributed by atoms with E-state index >= 15 is 0 Å². The molecule has 0 aliphatic carbocycles. The Morgan fingerprint density at radius 3 is 2.71 bits per heavy atom. The minimum absolute atomic E-state index is 0.437. The SMILES string of the molecule is CCOC(OCC)c1n[nH]c2cnc(Br)cc12. The normalized spacial score (nSPS) is 11.5. The molecule has 0 radical (unpaired) electrons. The van der Waals surface area contributed by atoms with Gasteiger partial charge >= 0.3 is 0 Å². The van der Waals surface area contributed by atoms with Gasteiger partial charge in [-0.2, -0.15) is 5.10 Å². The molecule has 17 heavy (non-hydrogen) atoms. The van der Waals surface area contributed by atoms with Gasteiger partial charge in [0.05, 0.1) is 11.7 Å². The highest BCUT2D eigenvalue weighted by Crippen LogP contribution is 2.26. The second kappa shape index (κ2) is 5.57. The Kier molecular flexibility index (Phi) is 4.09. The van der Waals surface area contributed by atoms with Crippen LogP contribution in [0.5, 0.6) is 0 Å². The van der Waals surface area contributed by atoms with E-state index < -0.39 is 6.29 Å². The topological polar surface area (TPSA) is 60.0 Å². The quantitative estimate of drug-likeness (QED) is 0.681. The molecule has 5 nitrogen and oxygen atoms in total. The Labute approximate surface area is 108 Å². The van der Waals surface area contributed by atoms with Gasteiger partial charge < -0.3 is 9.47 Å². The number of ether oxygens (including phenoxy) is 2. The molecule has 6 heteroatoms. The predicted octanol–water partition coefficient (Wildman–Crippen LogP) is 2.79. The molecule has 0 aliphatic heterocycles. The first-order valence-electron chi connectivity index (χ1n) is 5.49. The molecule has 0 amide bonds. The van der Waals surface area contributed by atoms with Crippen molar-refractivity contribution in [2.75, 3.05) is 13.2 Å². The lowest BCUT2D eigenvalue weighted by molar-refractivity contribution is -0.141. The van der Waals surface area contributed by atoms with E-state index in [1.807, 2.05) is 19.9 Å². The standard InChI is InChI=1S/C11H14BrN3O2/c1-3-16-11(17-4-2)10-7-5-9(12)13-6-8(7)14-15-10/h5-6,11H,3-4H2,1-2H3,(H,14,15). The van der Waals surface area contributed by atoms with Crippen LogP contribution in [0.2, 0.25) is 0 Å². The molecule has 0 fully saturated rings. The number of rotatable bonds is 5. The van der Waals surface area contributed by atoms with Crippen LogP contribution in [0.15, 0.2) is 16.9 Å². The molecule has 0 spiro atoms. The number of hydrogen-bond donors (Lipinski definition) is 1. The fourth-order valence-corrected chi connectivity index (χ4v) is 1.93. The van der Waals surface area contributed by atoms with Crippen molar-refractivity contribution in [1.29, 1.82) is 0 Å². The maximum absolute atomic E-state index is 5.53. The van der Waals surface area contributed by atoms with Gasteiger partial charge in [-0.25, -0.2) is 4.98 Å². The molecule has 2 heterocycles. The van der Waals surface area contributed by atoms with E-state index in [4.69, 9.17) is 9.47 Å². The smallest absolute Gasteiger partial charge is 0.203 e. The van der Waals surface area contributed by atoms with Gasteiger partial charge in [-0.05, 0) is 35.8 Å². The number of hydrogen-bond acceptors (Lipinski definition) is 4. The molecule has 0 saturated carbocycles. The highest BCUT2D eigenvalue weighted by atomic mass is 79.9. The van der Waals surface area contributed by atoms with Crippen molar-refractivity contribution in [1.82, 2.24) is 15.2 Å². The monoisotopic (exact) mass is 299 g/mol. The number of halogens is 1. The Morgan fingerprint density at radius 2 is 2.06 bits per heavy atom. The van der Waals surface area contributed by atoms with Crippen molar-refractivity contribution in [2.24, 2.45) is 0 Å². The van der Waals surface area contributed by atoms with Gasteiger partial charge in [-0.1, -0.05) is 0 Å². The van der Waals surface area contributed by atoms with Gasteiger partial charge in [0, 0.05) is 18.6 Å². The average Bonchev–Trinajstić information content (AvgIpc) is 2.71. The van der Waals surface area contributed by atoms with Gasteiger partial charge in [-0.15, -0.1) is 0 Å². The minimum Gasteiger partial charge on any atom is -0.347 e. The first-order chi connectivity index (χ1) is 8.26. The molecule has 92 valence electrons. The molecule has 2 rings (SSSR count). The van der Waals surface area contributed by atoms with Crippen molar-refractivity contribution < 1.29 is 9.47 Å². The molecular weight excluding hydrogens is 286 g/mol. The van der Waals surface area contributed by atoms with Crippen LogP contribution in [-0.4, -0.2) is 28.4 Å². The van der Waals surface area contributed by atoms with E-state index in [9.17, 15) is 0 Å². The average molecular weight is 300 g/mol. The van der Waals surface area contributed by atoms with E-state index in [1.54, 1.807) is 6.20 Å². The van der Waals surface area contributed by atoms with Crippen molar-refractivity contribution in [3.05, 3.63) is 22.6 Å². The van der Waals surface area contributed by atoms with Gasteiger partial charge in [0.15, 0.2) is 0 Å². The van der Waals surface area contributed by atoms with Gasteiger partial charge in [0.1, 0.15) is 10.3 Å². The number of aromatic nitrogens is 3. The number of fused-ring (bicyclic) bond motifs is 1. The zero-order valence-electron chi connectivity index (χ0n) is 9.74. The fraction of sp³-hybridized carbons (Fsp3) is 0.455. The van der Waals surface area contributed by atoms with Gasteiger partial charge in [-0.3, -0.25) is 5.10 Å².